The van der Waals surface area contributed by atoms with E-state index in [-0.39, 0.29) is 0 Å². The van der Waals surface area contributed by atoms with Crippen LogP contribution in [0.5, 0.6) is 0 Å². The van der Waals surface area contributed by atoms with Crippen LogP contribution in [0.25, 0.3) is 0 Å². The van der Waals surface area contributed by atoms with E-state index >= 15 is 0 Å². The second kappa shape index (κ2) is 5.87. The van der Waals surface area contributed by atoms with Crippen molar-refractivity contribution in [3.05, 3.63) is 35.4 Å². The Morgan fingerprint density at radius 2 is 1.90 bits per heavy atom. The van der Waals surface area contributed by atoms with E-state index < -0.39 is 0 Å². The number of rotatable bonds is 2. The molecular weight excluding hydrogens is 244 g/mol. The van der Waals surface area contributed by atoms with E-state index in [0.717, 1.165) is 11.8 Å². The summed E-state index contributed by atoms with van der Waals surface area (Å²) >= 11 is 0. The van der Waals surface area contributed by atoms with Gasteiger partial charge >= 0.3 is 0 Å². The van der Waals surface area contributed by atoms with Crippen LogP contribution in [0, 0.1) is 11.8 Å². The van der Waals surface area contributed by atoms with E-state index in [1.165, 1.54) is 37.9 Å². The Hall–Kier alpha value is -0.860. The van der Waals surface area contributed by atoms with Gasteiger partial charge in [0, 0.05) is 18.6 Å². The summed E-state index contributed by atoms with van der Waals surface area (Å²) in [6, 6.07) is 10.2. The van der Waals surface area contributed by atoms with Gasteiger partial charge in [-0.15, -0.1) is 0 Å². The van der Waals surface area contributed by atoms with Gasteiger partial charge in [0.25, 0.3) is 0 Å². The van der Waals surface area contributed by atoms with Crippen LogP contribution < -0.4 is 5.32 Å². The van der Waals surface area contributed by atoms with Crippen LogP contribution in [-0.2, 0) is 6.42 Å². The highest BCUT2D eigenvalue weighted by atomic mass is 15.2. The molecule has 1 aromatic carbocycles. The molecule has 1 aliphatic heterocycles. The highest BCUT2D eigenvalue weighted by Gasteiger charge is 2.35. The molecule has 4 unspecified atom stereocenters. The number of hydrogen-bond donors (Lipinski definition) is 1. The number of benzene rings is 1. The van der Waals surface area contributed by atoms with Crippen molar-refractivity contribution in [2.24, 2.45) is 11.8 Å². The Bertz CT molecular complexity index is 456. The lowest BCUT2D eigenvalue weighted by molar-refractivity contribution is 0.0688. The average Bonchev–Trinajstić information content (AvgIpc) is 2.49. The molecule has 0 saturated carbocycles. The summed E-state index contributed by atoms with van der Waals surface area (Å²) < 4.78 is 0. The molecule has 0 aromatic heterocycles. The fraction of sp³-hybridized carbons (Fsp3) is 0.667. The molecule has 1 fully saturated rings. The van der Waals surface area contributed by atoms with E-state index in [4.69, 9.17) is 0 Å². The summed E-state index contributed by atoms with van der Waals surface area (Å²) in [5.41, 5.74) is 3.07. The zero-order valence-electron chi connectivity index (χ0n) is 13.1. The lowest BCUT2D eigenvalue weighted by Crippen LogP contribution is -2.51. The van der Waals surface area contributed by atoms with Crippen LogP contribution in [0.2, 0.25) is 0 Å². The molecule has 0 radical (unpaired) electrons. The van der Waals surface area contributed by atoms with Crippen molar-refractivity contribution >= 4 is 0 Å². The summed E-state index contributed by atoms with van der Waals surface area (Å²) in [6.45, 7) is 7.37. The average molecular weight is 272 g/mol. The van der Waals surface area contributed by atoms with Gasteiger partial charge in [0.05, 0.1) is 0 Å². The smallest absolute Gasteiger partial charge is 0.0478 e. The second-order valence-corrected chi connectivity index (χ2v) is 6.81. The lowest BCUT2D eigenvalue weighted by atomic mass is 9.80. The Labute approximate surface area is 123 Å². The van der Waals surface area contributed by atoms with Crippen LogP contribution in [0.15, 0.2) is 24.3 Å². The van der Waals surface area contributed by atoms with Crippen molar-refractivity contribution in [1.82, 2.24) is 10.2 Å². The Kier molecular flexibility index (Phi) is 4.13. The quantitative estimate of drug-likeness (QED) is 0.889. The minimum Gasteiger partial charge on any atom is -0.312 e. The third-order valence-electron chi connectivity index (χ3n) is 5.63. The van der Waals surface area contributed by atoms with Crippen molar-refractivity contribution in [3.8, 4) is 0 Å². The molecule has 4 atom stereocenters. The van der Waals surface area contributed by atoms with E-state index in [0.29, 0.717) is 12.1 Å². The van der Waals surface area contributed by atoms with Gasteiger partial charge in [-0.25, -0.2) is 0 Å². The molecule has 1 heterocycles. The fourth-order valence-corrected chi connectivity index (χ4v) is 4.08. The molecule has 1 N–H and O–H groups in total. The van der Waals surface area contributed by atoms with Gasteiger partial charge in [-0.1, -0.05) is 38.1 Å². The zero-order valence-corrected chi connectivity index (χ0v) is 13.1. The molecule has 2 heteroatoms. The summed E-state index contributed by atoms with van der Waals surface area (Å²) in [5.74, 6) is 1.72. The maximum absolute atomic E-state index is 3.59. The molecule has 110 valence electrons. The standard InChI is InChI=1S/C18H28N2/c1-13-10-11-20(12-14(13)2)17-9-8-15-6-4-5-7-16(15)18(17)19-3/h4-7,13-14,17-19H,8-12H2,1-3H3. The molecule has 2 aliphatic rings. The number of nitrogens with one attached hydrogen (secondary N) is 1. The first-order valence-electron chi connectivity index (χ1n) is 8.20. The van der Waals surface area contributed by atoms with E-state index in [2.05, 4.69) is 55.4 Å². The summed E-state index contributed by atoms with van der Waals surface area (Å²) in [5, 5.41) is 3.59. The Balaban J connectivity index is 1.81. The van der Waals surface area contributed by atoms with Gasteiger partial charge in [-0.05, 0) is 55.8 Å². The molecule has 0 amide bonds. The van der Waals surface area contributed by atoms with Crippen molar-refractivity contribution < 1.29 is 0 Å². The normalized spacial score (nSPS) is 34.8. The van der Waals surface area contributed by atoms with E-state index in [1.54, 1.807) is 5.56 Å². The minimum absolute atomic E-state index is 0.501. The molecule has 0 bridgehead atoms. The van der Waals surface area contributed by atoms with Crippen LogP contribution in [-0.4, -0.2) is 31.1 Å². The van der Waals surface area contributed by atoms with Crippen LogP contribution >= 0.6 is 0 Å². The molecule has 2 nitrogen and oxygen atoms in total. The van der Waals surface area contributed by atoms with Crippen molar-refractivity contribution in [2.75, 3.05) is 20.1 Å². The van der Waals surface area contributed by atoms with Crippen molar-refractivity contribution in [3.63, 3.8) is 0 Å². The zero-order chi connectivity index (χ0) is 14.1. The molecular formula is C18H28N2. The van der Waals surface area contributed by atoms with Crippen LogP contribution in [0.1, 0.15) is 43.9 Å². The van der Waals surface area contributed by atoms with Crippen molar-refractivity contribution in [2.45, 2.75) is 45.2 Å². The maximum Gasteiger partial charge on any atom is 0.0478 e. The summed E-state index contributed by atoms with van der Waals surface area (Å²) in [7, 11) is 2.12. The topological polar surface area (TPSA) is 15.3 Å². The first kappa shape index (κ1) is 14.1. The van der Waals surface area contributed by atoms with Gasteiger partial charge in [0.1, 0.15) is 0 Å². The Morgan fingerprint density at radius 3 is 2.65 bits per heavy atom. The van der Waals surface area contributed by atoms with Gasteiger partial charge < -0.3 is 5.32 Å². The molecule has 1 aromatic rings. The summed E-state index contributed by atoms with van der Waals surface area (Å²) in [4.78, 5) is 2.75. The molecule has 20 heavy (non-hydrogen) atoms. The number of likely N-dealkylation sites (tertiary alicyclic amines) is 1. The van der Waals surface area contributed by atoms with Crippen molar-refractivity contribution in [1.29, 1.82) is 0 Å². The van der Waals surface area contributed by atoms with Gasteiger partial charge in [0.2, 0.25) is 0 Å². The number of nitrogens with zero attached hydrogens (tertiary/aromatic N) is 1. The Morgan fingerprint density at radius 1 is 1.10 bits per heavy atom. The van der Waals surface area contributed by atoms with Crippen LogP contribution in [0.4, 0.5) is 0 Å². The molecule has 1 saturated heterocycles. The highest BCUT2D eigenvalue weighted by molar-refractivity contribution is 5.34. The number of piperidine rings is 1. The first-order chi connectivity index (χ1) is 9.70. The SMILES string of the molecule is CNC1c2ccccc2CCC1N1CCC(C)C(C)C1. The maximum atomic E-state index is 3.59. The summed E-state index contributed by atoms with van der Waals surface area (Å²) in [6.07, 6.45) is 3.89. The van der Waals surface area contributed by atoms with E-state index in [9.17, 15) is 0 Å². The number of fused-ring (bicyclic) bond motifs is 1. The van der Waals surface area contributed by atoms with Crippen LogP contribution in [0.3, 0.4) is 0 Å². The number of likely N-dealkylation sites (N-methyl/N-ethyl adjacent to an activating group) is 1. The lowest BCUT2D eigenvalue weighted by Gasteiger charge is -2.45. The largest absolute Gasteiger partial charge is 0.312 e. The molecule has 1 aliphatic carbocycles. The van der Waals surface area contributed by atoms with Gasteiger partial charge in [-0.2, -0.15) is 0 Å². The third kappa shape index (κ3) is 2.51. The van der Waals surface area contributed by atoms with Gasteiger partial charge in [-0.3, -0.25) is 4.90 Å². The predicted octanol–water partition coefficient (Wildman–Crippen LogP) is 3.24. The second-order valence-electron chi connectivity index (χ2n) is 6.81. The fourth-order valence-electron chi connectivity index (χ4n) is 4.08. The molecule has 3 rings (SSSR count). The third-order valence-corrected chi connectivity index (χ3v) is 5.63. The number of aryl methyl sites for hydroxylation is 1. The first-order valence-corrected chi connectivity index (χ1v) is 8.20. The monoisotopic (exact) mass is 272 g/mol. The molecule has 0 spiro atoms. The van der Waals surface area contributed by atoms with Gasteiger partial charge in [0.15, 0.2) is 0 Å². The number of hydrogen-bond acceptors (Lipinski definition) is 2. The predicted molar refractivity (Wildman–Crippen MR) is 84.9 cm³/mol. The van der Waals surface area contributed by atoms with E-state index in [1.807, 2.05) is 0 Å². The minimum atomic E-state index is 0.501. The highest BCUT2D eigenvalue weighted by Crippen LogP contribution is 2.35.